The van der Waals surface area contributed by atoms with Crippen LogP contribution in [0.25, 0.3) is 0 Å². The number of nitrogens with one attached hydrogen (secondary N) is 1. The molecular weight excluding hydrogens is 345 g/mol. The summed E-state index contributed by atoms with van der Waals surface area (Å²) in [6.45, 7) is 10.1. The molecule has 0 aromatic heterocycles. The summed E-state index contributed by atoms with van der Waals surface area (Å²) in [7, 11) is 0. The zero-order chi connectivity index (χ0) is 16.3. The van der Waals surface area contributed by atoms with Crippen LogP contribution >= 0.6 is 24.8 Å². The van der Waals surface area contributed by atoms with Crippen LogP contribution in [-0.4, -0.2) is 36.0 Å². The van der Waals surface area contributed by atoms with Crippen LogP contribution in [0.4, 0.5) is 5.69 Å². The lowest BCUT2D eigenvalue weighted by atomic mass is 10.0. The third-order valence-corrected chi connectivity index (χ3v) is 4.77. The smallest absolute Gasteiger partial charge is 0.254 e. The fraction of sp³-hybridized carbons (Fsp3) is 0.611. The number of nitrogens with two attached hydrogens (primary N) is 1. The maximum absolute atomic E-state index is 12.8. The zero-order valence-corrected chi connectivity index (χ0v) is 16.7. The molecule has 1 amide bonds. The number of amides is 1. The van der Waals surface area contributed by atoms with Gasteiger partial charge in [-0.3, -0.25) is 4.79 Å². The lowest BCUT2D eigenvalue weighted by Crippen LogP contribution is -2.43. The molecule has 1 fully saturated rings. The van der Waals surface area contributed by atoms with Crippen molar-refractivity contribution in [3.63, 3.8) is 0 Å². The van der Waals surface area contributed by atoms with E-state index in [4.69, 9.17) is 5.73 Å². The first-order valence-electron chi connectivity index (χ1n) is 8.31. The van der Waals surface area contributed by atoms with Crippen LogP contribution in [0.5, 0.6) is 0 Å². The minimum Gasteiger partial charge on any atom is -0.382 e. The minimum atomic E-state index is 0. The van der Waals surface area contributed by atoms with E-state index in [-0.39, 0.29) is 36.8 Å². The topological polar surface area (TPSA) is 58.4 Å². The Kier molecular flexibility index (Phi) is 9.71. The van der Waals surface area contributed by atoms with E-state index in [1.807, 2.05) is 24.0 Å². The van der Waals surface area contributed by atoms with Gasteiger partial charge in [0.25, 0.3) is 5.91 Å². The average molecular weight is 376 g/mol. The van der Waals surface area contributed by atoms with Crippen molar-refractivity contribution >= 4 is 36.4 Å². The van der Waals surface area contributed by atoms with Crippen molar-refractivity contribution in [1.29, 1.82) is 0 Å². The highest BCUT2D eigenvalue weighted by molar-refractivity contribution is 5.97. The van der Waals surface area contributed by atoms with Crippen molar-refractivity contribution in [1.82, 2.24) is 4.90 Å². The second-order valence-corrected chi connectivity index (χ2v) is 6.78. The molecule has 1 aliphatic rings. The van der Waals surface area contributed by atoms with Crippen LogP contribution < -0.4 is 11.1 Å². The summed E-state index contributed by atoms with van der Waals surface area (Å²) in [6.07, 6.45) is 1.79. The molecule has 1 aromatic carbocycles. The molecule has 1 unspecified atom stereocenters. The summed E-state index contributed by atoms with van der Waals surface area (Å²) in [5.74, 6) is 0.674. The van der Waals surface area contributed by atoms with E-state index in [1.165, 1.54) is 0 Å². The lowest BCUT2D eigenvalue weighted by molar-refractivity contribution is 0.0714. The molecule has 6 heteroatoms. The van der Waals surface area contributed by atoms with Gasteiger partial charge in [-0.15, -0.1) is 24.8 Å². The van der Waals surface area contributed by atoms with Gasteiger partial charge >= 0.3 is 0 Å². The second-order valence-electron chi connectivity index (χ2n) is 6.78. The number of hydrogen-bond donors (Lipinski definition) is 2. The van der Waals surface area contributed by atoms with Crippen LogP contribution in [0.15, 0.2) is 18.2 Å². The lowest BCUT2D eigenvalue weighted by Gasteiger charge is -2.31. The molecule has 1 heterocycles. The molecule has 1 saturated heterocycles. The van der Waals surface area contributed by atoms with Gasteiger partial charge in [0.2, 0.25) is 0 Å². The highest BCUT2D eigenvalue weighted by Gasteiger charge is 2.23. The summed E-state index contributed by atoms with van der Waals surface area (Å²) in [5, 5.41) is 3.52. The van der Waals surface area contributed by atoms with Gasteiger partial charge in [0, 0.05) is 36.4 Å². The van der Waals surface area contributed by atoms with Crippen LogP contribution in [0.3, 0.4) is 0 Å². The van der Waals surface area contributed by atoms with Crippen molar-refractivity contribution < 1.29 is 4.79 Å². The number of piperidine rings is 1. The number of carbonyl (C=O) groups is 1. The Bertz CT molecular complexity index is 529. The van der Waals surface area contributed by atoms with E-state index in [0.717, 1.165) is 42.7 Å². The molecule has 24 heavy (non-hydrogen) atoms. The van der Waals surface area contributed by atoms with Gasteiger partial charge in [-0.2, -0.15) is 0 Å². The van der Waals surface area contributed by atoms with Crippen molar-refractivity contribution in [2.45, 2.75) is 52.6 Å². The Morgan fingerprint density at radius 1 is 1.21 bits per heavy atom. The molecule has 0 saturated carbocycles. The number of halogens is 2. The van der Waals surface area contributed by atoms with Gasteiger partial charge in [0.1, 0.15) is 0 Å². The Labute approximate surface area is 158 Å². The molecule has 4 nitrogen and oxygen atoms in total. The van der Waals surface area contributed by atoms with E-state index in [2.05, 4.69) is 32.2 Å². The number of likely N-dealkylation sites (tertiary alicyclic amines) is 1. The van der Waals surface area contributed by atoms with Crippen molar-refractivity contribution in [3.8, 4) is 0 Å². The summed E-state index contributed by atoms with van der Waals surface area (Å²) in [4.78, 5) is 14.7. The van der Waals surface area contributed by atoms with Gasteiger partial charge in [-0.1, -0.05) is 19.9 Å². The van der Waals surface area contributed by atoms with E-state index < -0.39 is 0 Å². The van der Waals surface area contributed by atoms with Crippen molar-refractivity contribution in [2.24, 2.45) is 11.7 Å². The fourth-order valence-electron chi connectivity index (χ4n) is 2.71. The number of carbonyl (C=O) groups excluding carboxylic acids is 1. The molecule has 0 radical (unpaired) electrons. The molecule has 1 aromatic rings. The number of hydrogen-bond acceptors (Lipinski definition) is 3. The maximum atomic E-state index is 12.8. The molecule has 1 aliphatic heterocycles. The monoisotopic (exact) mass is 375 g/mol. The van der Waals surface area contributed by atoms with Crippen molar-refractivity contribution in [2.75, 3.05) is 18.4 Å². The molecule has 138 valence electrons. The standard InChI is InChI=1S/C18H29N3O.2ClH/c1-12(2)14(4)20-17-7-5-6-16(13(17)3)18(22)21-10-8-15(19)9-11-21;;/h5-7,12,14-15,20H,8-11,19H2,1-4H3;2*1H. The van der Waals surface area contributed by atoms with Gasteiger partial charge in [0.15, 0.2) is 0 Å². The van der Waals surface area contributed by atoms with E-state index in [1.54, 1.807) is 0 Å². The highest BCUT2D eigenvalue weighted by Crippen LogP contribution is 2.23. The maximum Gasteiger partial charge on any atom is 0.254 e. The van der Waals surface area contributed by atoms with Crippen LogP contribution in [0.2, 0.25) is 0 Å². The van der Waals surface area contributed by atoms with Gasteiger partial charge < -0.3 is 16.0 Å². The molecule has 3 N–H and O–H groups in total. The first-order valence-corrected chi connectivity index (χ1v) is 8.31. The average Bonchev–Trinajstić information content (AvgIpc) is 2.49. The van der Waals surface area contributed by atoms with E-state index >= 15 is 0 Å². The summed E-state index contributed by atoms with van der Waals surface area (Å²) >= 11 is 0. The molecular formula is C18H31Cl2N3O. The van der Waals surface area contributed by atoms with E-state index in [0.29, 0.717) is 12.0 Å². The predicted octanol–water partition coefficient (Wildman–Crippen LogP) is 3.86. The third kappa shape index (κ3) is 5.54. The van der Waals surface area contributed by atoms with Crippen LogP contribution in [0.1, 0.15) is 49.5 Å². The first-order chi connectivity index (χ1) is 10.4. The molecule has 0 bridgehead atoms. The van der Waals surface area contributed by atoms with Crippen LogP contribution in [-0.2, 0) is 0 Å². The summed E-state index contributed by atoms with van der Waals surface area (Å²) < 4.78 is 0. The number of rotatable bonds is 4. The molecule has 0 aliphatic carbocycles. The quantitative estimate of drug-likeness (QED) is 0.839. The minimum absolute atomic E-state index is 0. The first kappa shape index (κ1) is 23.0. The van der Waals surface area contributed by atoms with Gasteiger partial charge in [0.05, 0.1) is 0 Å². The number of anilines is 1. The van der Waals surface area contributed by atoms with Gasteiger partial charge in [-0.25, -0.2) is 0 Å². The van der Waals surface area contributed by atoms with E-state index in [9.17, 15) is 4.79 Å². The molecule has 2 rings (SSSR count). The predicted molar refractivity (Wildman–Crippen MR) is 107 cm³/mol. The van der Waals surface area contributed by atoms with Crippen LogP contribution in [0, 0.1) is 12.8 Å². The van der Waals surface area contributed by atoms with Crippen molar-refractivity contribution in [3.05, 3.63) is 29.3 Å². The SMILES string of the molecule is Cc1c(NC(C)C(C)C)cccc1C(=O)N1CCC(N)CC1.Cl.Cl. The Balaban J connectivity index is 0.00000264. The highest BCUT2D eigenvalue weighted by atomic mass is 35.5. The Morgan fingerprint density at radius 3 is 2.33 bits per heavy atom. The number of benzene rings is 1. The normalized spacial score (nSPS) is 16.2. The Hall–Kier alpha value is -0.970. The molecule has 1 atom stereocenters. The largest absolute Gasteiger partial charge is 0.382 e. The molecule has 0 spiro atoms. The summed E-state index contributed by atoms with van der Waals surface area (Å²) in [5.41, 5.74) is 8.82. The van der Waals surface area contributed by atoms with Gasteiger partial charge in [-0.05, 0) is 50.3 Å². The third-order valence-electron chi connectivity index (χ3n) is 4.77. The number of nitrogens with zero attached hydrogens (tertiary/aromatic N) is 1. The Morgan fingerprint density at radius 2 is 1.79 bits per heavy atom. The second kappa shape index (κ2) is 10.1. The zero-order valence-electron chi connectivity index (χ0n) is 15.0. The summed E-state index contributed by atoms with van der Waals surface area (Å²) in [6, 6.07) is 6.56. The fourth-order valence-corrected chi connectivity index (χ4v) is 2.71.